The highest BCUT2D eigenvalue weighted by Gasteiger charge is 2.22. The van der Waals surface area contributed by atoms with Gasteiger partial charge in [-0.1, -0.05) is 115 Å². The smallest absolute Gasteiger partial charge is 0.146 e. The quantitative estimate of drug-likeness (QED) is 0.211. The lowest BCUT2D eigenvalue weighted by Crippen LogP contribution is -2.41. The fraction of sp³-hybridized carbons (Fsp3) is 0.0227. The number of nitrogens with one attached hydrogen (secondary N) is 1. The summed E-state index contributed by atoms with van der Waals surface area (Å²) >= 11 is 0. The highest BCUT2D eigenvalue weighted by molar-refractivity contribution is 6.12. The van der Waals surface area contributed by atoms with Crippen molar-refractivity contribution in [2.75, 3.05) is 0 Å². The van der Waals surface area contributed by atoms with Gasteiger partial charge in [-0.3, -0.25) is 9.56 Å². The van der Waals surface area contributed by atoms with E-state index < -0.39 is 0 Å². The third kappa shape index (κ3) is 4.06. The van der Waals surface area contributed by atoms with Gasteiger partial charge in [-0.2, -0.15) is 0 Å². The number of benzene rings is 7. The van der Waals surface area contributed by atoms with Crippen LogP contribution < -0.4 is 15.9 Å². The van der Waals surface area contributed by atoms with Gasteiger partial charge in [-0.05, 0) is 71.3 Å². The molecule has 10 rings (SSSR count). The molecule has 48 heavy (non-hydrogen) atoms. The van der Waals surface area contributed by atoms with E-state index >= 15 is 0 Å². The van der Waals surface area contributed by atoms with Gasteiger partial charge in [-0.25, -0.2) is 0 Å². The second-order valence-corrected chi connectivity index (χ2v) is 12.5. The lowest BCUT2D eigenvalue weighted by Gasteiger charge is -2.24. The Kier molecular flexibility index (Phi) is 5.90. The van der Waals surface area contributed by atoms with E-state index in [0.717, 1.165) is 33.0 Å². The molecule has 0 amide bonds. The Morgan fingerprint density at radius 3 is 1.83 bits per heavy atom. The Hall–Kier alpha value is -6.39. The lowest BCUT2D eigenvalue weighted by atomic mass is 10.0. The van der Waals surface area contributed by atoms with Gasteiger partial charge in [-0.15, -0.1) is 0 Å². The minimum atomic E-state index is -0.195. The molecule has 1 unspecified atom stereocenters. The summed E-state index contributed by atoms with van der Waals surface area (Å²) in [5, 5.41) is 10.9. The van der Waals surface area contributed by atoms with Crippen molar-refractivity contribution < 1.29 is 0 Å². The predicted molar refractivity (Wildman–Crippen MR) is 198 cm³/mol. The zero-order valence-electron chi connectivity index (χ0n) is 26.1. The monoisotopic (exact) mass is 614 g/mol. The third-order valence-corrected chi connectivity index (χ3v) is 9.73. The van der Waals surface area contributed by atoms with E-state index in [0.29, 0.717) is 0 Å². The largest absolute Gasteiger partial charge is 0.345 e. The molecule has 1 aliphatic rings. The van der Waals surface area contributed by atoms with Crippen LogP contribution in [0.1, 0.15) is 11.7 Å². The van der Waals surface area contributed by atoms with E-state index in [2.05, 4.69) is 184 Å². The van der Waals surface area contributed by atoms with Crippen LogP contribution in [0.5, 0.6) is 0 Å². The highest BCUT2D eigenvalue weighted by Crippen LogP contribution is 2.38. The van der Waals surface area contributed by atoms with Crippen molar-refractivity contribution in [3.05, 3.63) is 186 Å². The van der Waals surface area contributed by atoms with E-state index in [4.69, 9.17) is 4.99 Å². The summed E-state index contributed by atoms with van der Waals surface area (Å²) in [5.74, 6) is 1.04. The molecule has 0 saturated carbocycles. The summed E-state index contributed by atoms with van der Waals surface area (Å²) in [6.07, 6.45) is -0.195. The Balaban J connectivity index is 1.21. The Morgan fingerprint density at radius 1 is 0.438 bits per heavy atom. The molecule has 0 bridgehead atoms. The topological polar surface area (TPSA) is 34.2 Å². The van der Waals surface area contributed by atoms with E-state index in [-0.39, 0.29) is 6.17 Å². The van der Waals surface area contributed by atoms with Crippen molar-refractivity contribution in [3.63, 3.8) is 0 Å². The number of para-hydroxylation sites is 4. The maximum atomic E-state index is 5.13. The Labute approximate surface area is 277 Å². The van der Waals surface area contributed by atoms with Crippen LogP contribution in [-0.2, 0) is 0 Å². The zero-order valence-corrected chi connectivity index (χ0v) is 26.1. The normalized spacial score (nSPS) is 14.3. The summed E-state index contributed by atoms with van der Waals surface area (Å²) < 4.78 is 4.77. The van der Waals surface area contributed by atoms with Gasteiger partial charge in [0.1, 0.15) is 12.0 Å². The first kappa shape index (κ1) is 26.8. The van der Waals surface area contributed by atoms with Crippen molar-refractivity contribution in [2.24, 2.45) is 4.99 Å². The number of rotatable bonds is 4. The van der Waals surface area contributed by atoms with E-state index in [1.54, 1.807) is 0 Å². The van der Waals surface area contributed by atoms with Gasteiger partial charge in [0, 0.05) is 32.5 Å². The maximum Gasteiger partial charge on any atom is 0.146 e. The molecule has 7 aromatic carbocycles. The molecule has 0 aliphatic carbocycles. The highest BCUT2D eigenvalue weighted by atomic mass is 15.2. The van der Waals surface area contributed by atoms with Crippen LogP contribution >= 0.6 is 0 Å². The van der Waals surface area contributed by atoms with Gasteiger partial charge < -0.3 is 9.88 Å². The molecule has 1 N–H and O–H groups in total. The molecule has 0 saturated heterocycles. The predicted octanol–water partition coefficient (Wildman–Crippen LogP) is 9.09. The number of aromatic nitrogens is 2. The van der Waals surface area contributed by atoms with Crippen molar-refractivity contribution in [3.8, 4) is 16.8 Å². The molecule has 0 radical (unpaired) electrons. The van der Waals surface area contributed by atoms with Crippen LogP contribution in [0.4, 0.5) is 0 Å². The van der Waals surface area contributed by atoms with Crippen LogP contribution in [0.25, 0.3) is 66.2 Å². The minimum Gasteiger partial charge on any atom is -0.345 e. The molecule has 3 heterocycles. The molecule has 4 nitrogen and oxygen atoms in total. The van der Waals surface area contributed by atoms with E-state index in [1.807, 2.05) is 0 Å². The van der Waals surface area contributed by atoms with Crippen LogP contribution in [0, 0.1) is 0 Å². The average Bonchev–Trinajstić information content (AvgIpc) is 3.67. The van der Waals surface area contributed by atoms with Crippen LogP contribution in [0.3, 0.4) is 0 Å². The lowest BCUT2D eigenvalue weighted by molar-refractivity contribution is 0.617. The summed E-state index contributed by atoms with van der Waals surface area (Å²) in [7, 11) is 0. The van der Waals surface area contributed by atoms with Crippen molar-refractivity contribution in [2.45, 2.75) is 6.17 Å². The van der Waals surface area contributed by atoms with Gasteiger partial charge in [0.15, 0.2) is 0 Å². The van der Waals surface area contributed by atoms with Gasteiger partial charge in [0.05, 0.1) is 27.4 Å². The summed E-state index contributed by atoms with van der Waals surface area (Å²) in [6, 6.07) is 60.8. The fourth-order valence-electron chi connectivity index (χ4n) is 7.54. The number of nitrogens with zero attached hydrogens (tertiary/aromatic N) is 3. The molecule has 1 aliphatic heterocycles. The maximum absolute atomic E-state index is 5.13. The number of fused-ring (bicyclic) bond motifs is 7. The van der Waals surface area contributed by atoms with Gasteiger partial charge in [0.2, 0.25) is 0 Å². The summed E-state index contributed by atoms with van der Waals surface area (Å²) in [5.41, 5.74) is 9.41. The van der Waals surface area contributed by atoms with Crippen LogP contribution in [-0.4, -0.2) is 9.13 Å². The molecule has 1 atom stereocenters. The average molecular weight is 615 g/mol. The van der Waals surface area contributed by atoms with Crippen molar-refractivity contribution >= 4 is 49.4 Å². The first-order chi connectivity index (χ1) is 23.8. The molecule has 0 fully saturated rings. The van der Waals surface area contributed by atoms with Crippen LogP contribution in [0.2, 0.25) is 0 Å². The summed E-state index contributed by atoms with van der Waals surface area (Å²) in [4.78, 5) is 5.13. The Morgan fingerprint density at radius 2 is 1.02 bits per heavy atom. The first-order valence-corrected chi connectivity index (χ1v) is 16.4. The Bertz CT molecular complexity index is 2810. The van der Waals surface area contributed by atoms with Crippen molar-refractivity contribution in [1.29, 1.82) is 0 Å². The molecule has 0 spiro atoms. The SMILES string of the molecule is c1ccc(C2N=c3ccccc3=C(n3c4ccccc4c4ccc(-c5ccc6c(c5)c5ccccc5n6-c5ccccc5)cc43)N2)cc1. The number of hydrogen-bond acceptors (Lipinski definition) is 2. The van der Waals surface area contributed by atoms with Crippen LogP contribution in [0.15, 0.2) is 175 Å². The molecule has 9 aromatic rings. The van der Waals surface area contributed by atoms with E-state index in [9.17, 15) is 0 Å². The second kappa shape index (κ2) is 10.6. The molecule has 226 valence electrons. The molecular formula is C44H30N4. The first-order valence-electron chi connectivity index (χ1n) is 16.4. The molecule has 2 aromatic heterocycles. The summed E-state index contributed by atoms with van der Waals surface area (Å²) in [6.45, 7) is 0. The number of hydrogen-bond donors (Lipinski definition) is 1. The standard InChI is InChI=1S/C44H30N4/c1-3-13-29(14-4-1)43-45-38-20-10-7-19-36(38)44(46-43)48-40-22-12-8-17-33(40)35-25-23-31(28-42(35)48)30-24-26-41-37(27-30)34-18-9-11-21-39(34)47(41)32-15-5-2-6-16-32/h1-28,43,46H. The third-order valence-electron chi connectivity index (χ3n) is 9.73. The minimum absolute atomic E-state index is 0.195. The molecule has 4 heteroatoms. The van der Waals surface area contributed by atoms with E-state index in [1.165, 1.54) is 49.4 Å². The van der Waals surface area contributed by atoms with Crippen molar-refractivity contribution in [1.82, 2.24) is 14.5 Å². The second-order valence-electron chi connectivity index (χ2n) is 12.5. The molecular weight excluding hydrogens is 585 g/mol. The van der Waals surface area contributed by atoms with Gasteiger partial charge >= 0.3 is 0 Å². The zero-order chi connectivity index (χ0) is 31.6. The fourth-order valence-corrected chi connectivity index (χ4v) is 7.54. The van der Waals surface area contributed by atoms with Gasteiger partial charge in [0.25, 0.3) is 0 Å².